The van der Waals surface area contributed by atoms with Crippen molar-refractivity contribution < 1.29 is 4.79 Å². The first-order chi connectivity index (χ1) is 5.25. The highest BCUT2D eigenvalue weighted by molar-refractivity contribution is 14.1. The van der Waals surface area contributed by atoms with E-state index in [0.717, 1.165) is 0 Å². The number of aromatic nitrogens is 1. The lowest BCUT2D eigenvalue weighted by Gasteiger charge is -1.97. The molecule has 1 N–H and O–H groups in total. The van der Waals surface area contributed by atoms with Gasteiger partial charge in [-0.25, -0.2) is 4.98 Å². The van der Waals surface area contributed by atoms with E-state index in [-0.39, 0.29) is 11.6 Å². The van der Waals surface area contributed by atoms with E-state index in [2.05, 4.69) is 8.51 Å². The summed E-state index contributed by atoms with van der Waals surface area (Å²) in [6.45, 7) is 0. The highest BCUT2D eigenvalue weighted by atomic mass is 127. The smallest absolute Gasteiger partial charge is 0.280 e. The summed E-state index contributed by atoms with van der Waals surface area (Å²) >= 11 is 7.41. The standard InChI is InChI=1S/C6H4ClIN2O/c7-4-2-1-3-9-5(4)6(11)10-8/h1-3H,(H,10,11). The van der Waals surface area contributed by atoms with E-state index in [0.29, 0.717) is 5.02 Å². The lowest BCUT2D eigenvalue weighted by Crippen LogP contribution is -2.13. The van der Waals surface area contributed by atoms with E-state index < -0.39 is 0 Å². The Labute approximate surface area is 82.6 Å². The average molecular weight is 282 g/mol. The van der Waals surface area contributed by atoms with Gasteiger partial charge >= 0.3 is 0 Å². The van der Waals surface area contributed by atoms with Crippen LogP contribution in [0.15, 0.2) is 18.3 Å². The van der Waals surface area contributed by atoms with Crippen LogP contribution in [0.2, 0.25) is 5.02 Å². The predicted molar refractivity (Wildman–Crippen MR) is 50.7 cm³/mol. The maximum Gasteiger partial charge on any atom is 0.280 e. The zero-order chi connectivity index (χ0) is 8.27. The highest BCUT2D eigenvalue weighted by Gasteiger charge is 2.08. The molecule has 1 aromatic rings. The molecule has 0 saturated heterocycles. The van der Waals surface area contributed by atoms with Gasteiger partial charge in [0.15, 0.2) is 0 Å². The van der Waals surface area contributed by atoms with E-state index in [1.54, 1.807) is 35.0 Å². The first-order valence-electron chi connectivity index (χ1n) is 2.77. The lowest BCUT2D eigenvalue weighted by molar-refractivity contribution is 0.0985. The number of hydrogen-bond donors (Lipinski definition) is 1. The number of nitrogens with one attached hydrogen (secondary N) is 1. The minimum atomic E-state index is -0.281. The molecule has 58 valence electrons. The third-order valence-corrected chi connectivity index (χ3v) is 1.85. The van der Waals surface area contributed by atoms with Gasteiger partial charge in [0, 0.05) is 6.20 Å². The number of carbonyl (C=O) groups excluding carboxylic acids is 1. The summed E-state index contributed by atoms with van der Waals surface area (Å²) in [6, 6.07) is 3.29. The molecule has 0 spiro atoms. The Balaban J connectivity index is 3.03. The fourth-order valence-electron chi connectivity index (χ4n) is 0.598. The molecule has 1 amide bonds. The molecule has 0 aromatic carbocycles. The molecular weight excluding hydrogens is 278 g/mol. The summed E-state index contributed by atoms with van der Waals surface area (Å²) in [5, 5.41) is 0.363. The van der Waals surface area contributed by atoms with E-state index >= 15 is 0 Å². The van der Waals surface area contributed by atoms with Crippen molar-refractivity contribution in [3.8, 4) is 0 Å². The molecule has 0 fully saturated rings. The quantitative estimate of drug-likeness (QED) is 0.630. The number of pyridine rings is 1. The maximum absolute atomic E-state index is 11.0. The van der Waals surface area contributed by atoms with Crippen LogP contribution in [-0.2, 0) is 0 Å². The van der Waals surface area contributed by atoms with Crippen LogP contribution in [0.5, 0.6) is 0 Å². The first-order valence-corrected chi connectivity index (χ1v) is 4.23. The van der Waals surface area contributed by atoms with Gasteiger partial charge in [-0.2, -0.15) is 0 Å². The molecule has 0 atom stereocenters. The molecule has 5 heteroatoms. The van der Waals surface area contributed by atoms with E-state index in [1.807, 2.05) is 0 Å². The fraction of sp³-hybridized carbons (Fsp3) is 0. The maximum atomic E-state index is 11.0. The summed E-state index contributed by atoms with van der Waals surface area (Å²) in [6.07, 6.45) is 1.52. The molecule has 3 nitrogen and oxygen atoms in total. The molecule has 0 unspecified atom stereocenters. The van der Waals surface area contributed by atoms with Crippen LogP contribution in [0.3, 0.4) is 0 Å². The number of nitrogens with zero attached hydrogens (tertiary/aromatic N) is 1. The average Bonchev–Trinajstić information content (AvgIpc) is 2.04. The number of carbonyl (C=O) groups is 1. The van der Waals surface area contributed by atoms with Crippen molar-refractivity contribution in [2.75, 3.05) is 0 Å². The molecule has 0 aliphatic rings. The summed E-state index contributed by atoms with van der Waals surface area (Å²) in [5.41, 5.74) is 0.253. The number of hydrogen-bond acceptors (Lipinski definition) is 2. The SMILES string of the molecule is O=C(NI)c1ncccc1Cl. The van der Waals surface area contributed by atoms with Crippen molar-refractivity contribution >= 4 is 40.4 Å². The number of rotatable bonds is 1. The van der Waals surface area contributed by atoms with Crippen molar-refractivity contribution in [1.29, 1.82) is 0 Å². The zero-order valence-electron chi connectivity index (χ0n) is 5.34. The van der Waals surface area contributed by atoms with Gasteiger partial charge < -0.3 is 0 Å². The second kappa shape index (κ2) is 3.87. The van der Waals surface area contributed by atoms with Crippen LogP contribution in [0, 0.1) is 0 Å². The van der Waals surface area contributed by atoms with Crippen LogP contribution in [0.1, 0.15) is 10.5 Å². The number of halogens is 2. The monoisotopic (exact) mass is 282 g/mol. The van der Waals surface area contributed by atoms with Crippen molar-refractivity contribution in [3.63, 3.8) is 0 Å². The minimum absolute atomic E-state index is 0.253. The Morgan fingerprint density at radius 1 is 1.73 bits per heavy atom. The summed E-state index contributed by atoms with van der Waals surface area (Å²) in [5.74, 6) is -0.281. The van der Waals surface area contributed by atoms with E-state index in [1.165, 1.54) is 6.20 Å². The Kier molecular flexibility index (Phi) is 3.07. The van der Waals surface area contributed by atoms with Crippen molar-refractivity contribution in [1.82, 2.24) is 8.51 Å². The highest BCUT2D eigenvalue weighted by Crippen LogP contribution is 2.11. The predicted octanol–water partition coefficient (Wildman–Crippen LogP) is 1.81. The molecule has 1 rings (SSSR count). The van der Waals surface area contributed by atoms with Gasteiger partial charge in [-0.1, -0.05) is 11.6 Å². The van der Waals surface area contributed by atoms with E-state index in [9.17, 15) is 4.79 Å². The third-order valence-electron chi connectivity index (χ3n) is 1.06. The molecule has 0 saturated carbocycles. The molecule has 1 heterocycles. The second-order valence-corrected chi connectivity index (χ2v) is 2.70. The Hall–Kier alpha value is -0.360. The summed E-state index contributed by atoms with van der Waals surface area (Å²) < 4.78 is 2.41. The summed E-state index contributed by atoms with van der Waals surface area (Å²) in [7, 11) is 0. The fourth-order valence-corrected chi connectivity index (χ4v) is 1.06. The third kappa shape index (κ3) is 2.03. The minimum Gasteiger partial charge on any atom is -0.293 e. The van der Waals surface area contributed by atoms with Crippen molar-refractivity contribution in [2.24, 2.45) is 0 Å². The lowest BCUT2D eigenvalue weighted by atomic mass is 10.3. The number of amides is 1. The van der Waals surface area contributed by atoms with Crippen molar-refractivity contribution in [2.45, 2.75) is 0 Å². The van der Waals surface area contributed by atoms with Gasteiger partial charge in [0.2, 0.25) is 0 Å². The van der Waals surface area contributed by atoms with Gasteiger partial charge in [0.25, 0.3) is 5.91 Å². The first kappa shape index (κ1) is 8.73. The molecule has 1 aromatic heterocycles. The Morgan fingerprint density at radius 2 is 2.45 bits per heavy atom. The van der Waals surface area contributed by atoms with Crippen LogP contribution in [0.4, 0.5) is 0 Å². The topological polar surface area (TPSA) is 42.0 Å². The van der Waals surface area contributed by atoms with Crippen LogP contribution in [0.25, 0.3) is 0 Å². The summed E-state index contributed by atoms with van der Waals surface area (Å²) in [4.78, 5) is 14.8. The van der Waals surface area contributed by atoms with Gasteiger partial charge in [-0.15, -0.1) is 0 Å². The van der Waals surface area contributed by atoms with E-state index in [4.69, 9.17) is 11.6 Å². The largest absolute Gasteiger partial charge is 0.293 e. The van der Waals surface area contributed by atoms with Crippen molar-refractivity contribution in [3.05, 3.63) is 29.0 Å². The normalized spacial score (nSPS) is 9.27. The molecule has 11 heavy (non-hydrogen) atoms. The second-order valence-electron chi connectivity index (χ2n) is 1.76. The van der Waals surface area contributed by atoms with Crippen LogP contribution < -0.4 is 3.53 Å². The molecule has 0 radical (unpaired) electrons. The van der Waals surface area contributed by atoms with Gasteiger partial charge in [-0.05, 0) is 12.1 Å². The van der Waals surface area contributed by atoms with Gasteiger partial charge in [-0.3, -0.25) is 8.32 Å². The zero-order valence-corrected chi connectivity index (χ0v) is 8.26. The Morgan fingerprint density at radius 3 is 3.00 bits per heavy atom. The van der Waals surface area contributed by atoms with Crippen LogP contribution in [-0.4, -0.2) is 10.9 Å². The molecule has 0 aliphatic heterocycles. The van der Waals surface area contributed by atoms with Gasteiger partial charge in [0.05, 0.1) is 27.9 Å². The molecule has 0 bridgehead atoms. The van der Waals surface area contributed by atoms with Crippen LogP contribution >= 0.6 is 34.5 Å². The Bertz CT molecular complexity index is 279. The molecular formula is C6H4ClIN2O. The molecule has 0 aliphatic carbocycles. The van der Waals surface area contributed by atoms with Gasteiger partial charge in [0.1, 0.15) is 5.69 Å².